The van der Waals surface area contributed by atoms with Crippen molar-refractivity contribution in [2.24, 2.45) is 17.3 Å². The molecule has 0 N–H and O–H groups in total. The molecule has 0 amide bonds. The number of hydrogen-bond donors (Lipinski definition) is 0. The average Bonchev–Trinajstić information content (AvgIpc) is 2.51. The molecule has 0 fully saturated rings. The van der Waals surface area contributed by atoms with Crippen LogP contribution in [0.3, 0.4) is 0 Å². The highest BCUT2D eigenvalue weighted by Gasteiger charge is 2.37. The van der Waals surface area contributed by atoms with Crippen molar-refractivity contribution in [1.29, 1.82) is 0 Å². The molecule has 0 saturated carbocycles. The molecule has 2 aliphatic rings. The summed E-state index contributed by atoms with van der Waals surface area (Å²) in [4.78, 5) is 23.5. The number of fused-ring (bicyclic) bond motifs is 1. The topological polar surface area (TPSA) is 52.6 Å². The van der Waals surface area contributed by atoms with E-state index in [1.807, 2.05) is 0 Å². The summed E-state index contributed by atoms with van der Waals surface area (Å²) in [6.07, 6.45) is 11.5. The first-order chi connectivity index (χ1) is 10.00. The second kappa shape index (κ2) is 6.46. The summed E-state index contributed by atoms with van der Waals surface area (Å²) in [6, 6.07) is 0. The van der Waals surface area contributed by atoms with E-state index < -0.39 is 17.9 Å². The van der Waals surface area contributed by atoms with E-state index in [0.29, 0.717) is 6.42 Å². The van der Waals surface area contributed by atoms with Gasteiger partial charge in [-0.2, -0.15) is 0 Å². The second-order valence-electron chi connectivity index (χ2n) is 6.26. The minimum atomic E-state index is -0.821. The molecular weight excluding hydrogens is 268 g/mol. The van der Waals surface area contributed by atoms with Gasteiger partial charge in [0.2, 0.25) is 0 Å². The van der Waals surface area contributed by atoms with Crippen molar-refractivity contribution in [3.8, 4) is 0 Å². The first-order valence-electron chi connectivity index (χ1n) is 7.54. The predicted octanol–water partition coefficient (Wildman–Crippen LogP) is 3.03. The third kappa shape index (κ3) is 3.36. The van der Waals surface area contributed by atoms with Crippen molar-refractivity contribution in [2.45, 2.75) is 39.0 Å². The van der Waals surface area contributed by atoms with Gasteiger partial charge in [-0.3, -0.25) is 9.59 Å². The van der Waals surface area contributed by atoms with Crippen molar-refractivity contribution < 1.29 is 19.1 Å². The lowest BCUT2D eigenvalue weighted by atomic mass is 9.66. The van der Waals surface area contributed by atoms with Gasteiger partial charge in [-0.05, 0) is 49.0 Å². The van der Waals surface area contributed by atoms with Crippen molar-refractivity contribution in [2.75, 3.05) is 14.2 Å². The van der Waals surface area contributed by atoms with Gasteiger partial charge in [0.25, 0.3) is 0 Å². The van der Waals surface area contributed by atoms with Crippen LogP contribution in [0.4, 0.5) is 0 Å². The third-order valence-corrected chi connectivity index (χ3v) is 4.85. The number of carbonyl (C=O) groups excluding carboxylic acids is 2. The summed E-state index contributed by atoms with van der Waals surface area (Å²) in [5.41, 5.74) is 1.61. The average molecular weight is 292 g/mol. The Morgan fingerprint density at radius 2 is 1.95 bits per heavy atom. The van der Waals surface area contributed by atoms with Gasteiger partial charge in [0.05, 0.1) is 14.2 Å². The molecule has 0 bridgehead atoms. The normalized spacial score (nSPS) is 27.8. The van der Waals surface area contributed by atoms with Crippen LogP contribution < -0.4 is 0 Å². The number of rotatable bonds is 4. The Labute approximate surface area is 126 Å². The van der Waals surface area contributed by atoms with Crippen LogP contribution >= 0.6 is 0 Å². The van der Waals surface area contributed by atoms with E-state index in [9.17, 15) is 9.59 Å². The molecule has 4 heteroatoms. The van der Waals surface area contributed by atoms with Crippen LogP contribution in [-0.4, -0.2) is 26.2 Å². The smallest absolute Gasteiger partial charge is 0.320 e. The van der Waals surface area contributed by atoms with Crippen LogP contribution in [0.1, 0.15) is 39.0 Å². The summed E-state index contributed by atoms with van der Waals surface area (Å²) in [6.45, 7) is 2.30. The SMILES string of the molecule is COC(=O)C(C[C@H]1C=C2C=CCC[C@]2(C)CC1)C(=O)OC. The maximum absolute atomic E-state index is 11.8. The molecular formula is C17H24O4. The zero-order valence-electron chi connectivity index (χ0n) is 13.1. The fourth-order valence-corrected chi connectivity index (χ4v) is 3.39. The Bertz CT molecular complexity index is 461. The molecule has 0 spiro atoms. The number of hydrogen-bond acceptors (Lipinski definition) is 4. The lowest BCUT2D eigenvalue weighted by Gasteiger charge is -2.39. The molecule has 0 aliphatic heterocycles. The number of ether oxygens (including phenoxy) is 2. The molecule has 0 heterocycles. The van der Waals surface area contributed by atoms with Crippen molar-refractivity contribution >= 4 is 11.9 Å². The zero-order valence-corrected chi connectivity index (χ0v) is 13.1. The van der Waals surface area contributed by atoms with Crippen LogP contribution in [0.2, 0.25) is 0 Å². The molecule has 2 aliphatic carbocycles. The van der Waals surface area contributed by atoms with Crippen LogP contribution in [0.25, 0.3) is 0 Å². The van der Waals surface area contributed by atoms with Crippen LogP contribution in [-0.2, 0) is 19.1 Å². The molecule has 0 unspecified atom stereocenters. The maximum Gasteiger partial charge on any atom is 0.320 e. The zero-order chi connectivity index (χ0) is 15.5. The Kier molecular flexibility index (Phi) is 4.86. The van der Waals surface area contributed by atoms with E-state index in [1.54, 1.807) is 0 Å². The summed E-state index contributed by atoms with van der Waals surface area (Å²) in [7, 11) is 2.61. The Hall–Kier alpha value is -1.58. The molecule has 2 atom stereocenters. The molecule has 4 nitrogen and oxygen atoms in total. The first-order valence-corrected chi connectivity index (χ1v) is 7.54. The number of allylic oxidation sites excluding steroid dienone is 4. The molecule has 0 aromatic carbocycles. The Morgan fingerprint density at radius 3 is 2.57 bits per heavy atom. The standard InChI is InChI=1S/C17H24O4/c1-17-8-5-4-6-13(17)10-12(7-9-17)11-14(15(18)20-2)16(19)21-3/h4,6,10,12,14H,5,7-9,11H2,1-3H3/t12-,17-/m1/s1. The molecule has 0 aromatic heterocycles. The van der Waals surface area contributed by atoms with E-state index in [4.69, 9.17) is 9.47 Å². The van der Waals surface area contributed by atoms with E-state index in [0.717, 1.165) is 19.3 Å². The fourth-order valence-electron chi connectivity index (χ4n) is 3.39. The molecule has 21 heavy (non-hydrogen) atoms. The molecule has 0 saturated heterocycles. The van der Waals surface area contributed by atoms with Crippen LogP contribution in [0, 0.1) is 17.3 Å². The summed E-state index contributed by atoms with van der Waals surface area (Å²) >= 11 is 0. The second-order valence-corrected chi connectivity index (χ2v) is 6.26. The predicted molar refractivity (Wildman–Crippen MR) is 79.4 cm³/mol. The van der Waals surface area contributed by atoms with Gasteiger partial charge >= 0.3 is 11.9 Å². The van der Waals surface area contributed by atoms with Crippen molar-refractivity contribution in [3.05, 3.63) is 23.8 Å². The Balaban J connectivity index is 2.13. The number of methoxy groups -OCH3 is 2. The molecule has 0 radical (unpaired) electrons. The minimum Gasteiger partial charge on any atom is -0.468 e. The summed E-state index contributed by atoms with van der Waals surface area (Å²) < 4.78 is 9.46. The molecule has 0 aromatic rings. The van der Waals surface area contributed by atoms with E-state index >= 15 is 0 Å². The van der Waals surface area contributed by atoms with Crippen LogP contribution in [0.5, 0.6) is 0 Å². The lowest BCUT2D eigenvalue weighted by Crippen LogP contribution is -2.31. The fraction of sp³-hybridized carbons (Fsp3) is 0.647. The largest absolute Gasteiger partial charge is 0.468 e. The number of esters is 2. The maximum atomic E-state index is 11.8. The summed E-state index contributed by atoms with van der Waals surface area (Å²) in [5, 5.41) is 0. The van der Waals surface area contributed by atoms with Gasteiger partial charge in [0.15, 0.2) is 5.92 Å². The molecule has 2 rings (SSSR count). The monoisotopic (exact) mass is 292 g/mol. The summed E-state index contributed by atoms with van der Waals surface area (Å²) in [5.74, 6) is -1.61. The van der Waals surface area contributed by atoms with E-state index in [-0.39, 0.29) is 11.3 Å². The van der Waals surface area contributed by atoms with Crippen molar-refractivity contribution in [3.63, 3.8) is 0 Å². The molecule has 116 valence electrons. The number of carbonyl (C=O) groups is 2. The van der Waals surface area contributed by atoms with Crippen molar-refractivity contribution in [1.82, 2.24) is 0 Å². The van der Waals surface area contributed by atoms with Crippen LogP contribution in [0.15, 0.2) is 23.8 Å². The van der Waals surface area contributed by atoms with E-state index in [2.05, 4.69) is 25.2 Å². The highest BCUT2D eigenvalue weighted by atomic mass is 16.5. The Morgan fingerprint density at radius 1 is 1.29 bits per heavy atom. The van der Waals surface area contributed by atoms with Gasteiger partial charge < -0.3 is 9.47 Å². The van der Waals surface area contributed by atoms with Gasteiger partial charge in [-0.25, -0.2) is 0 Å². The highest BCUT2D eigenvalue weighted by Crippen LogP contribution is 2.46. The van der Waals surface area contributed by atoms with Gasteiger partial charge in [-0.15, -0.1) is 0 Å². The van der Waals surface area contributed by atoms with Gasteiger partial charge in [0, 0.05) is 0 Å². The minimum absolute atomic E-state index is 0.221. The quantitative estimate of drug-likeness (QED) is 0.590. The first kappa shape index (κ1) is 15.8. The van der Waals surface area contributed by atoms with Gasteiger partial charge in [0.1, 0.15) is 0 Å². The van der Waals surface area contributed by atoms with Gasteiger partial charge in [-0.1, -0.05) is 25.2 Å². The van der Waals surface area contributed by atoms with E-state index in [1.165, 1.54) is 26.2 Å². The lowest BCUT2D eigenvalue weighted by molar-refractivity contribution is -0.159. The highest BCUT2D eigenvalue weighted by molar-refractivity contribution is 5.94. The third-order valence-electron chi connectivity index (χ3n) is 4.85.